The first-order valence-electron chi connectivity index (χ1n) is 2.20. The van der Waals surface area contributed by atoms with Gasteiger partial charge in [0.05, 0.1) is 0 Å². The lowest BCUT2D eigenvalue weighted by Gasteiger charge is -1.91. The van der Waals surface area contributed by atoms with Gasteiger partial charge in [-0.1, -0.05) is 0 Å². The second-order valence-corrected chi connectivity index (χ2v) is 1.41. The largest absolute Gasteiger partial charge is 0.504 e. The first-order valence-corrected chi connectivity index (χ1v) is 2.20. The van der Waals surface area contributed by atoms with Gasteiger partial charge >= 0.3 is 0 Å². The third-order valence-corrected chi connectivity index (χ3v) is 0.816. The fraction of sp³-hybridized carbons (Fsp3) is 0. The van der Waals surface area contributed by atoms with Crippen LogP contribution in [0.25, 0.3) is 0 Å². The third kappa shape index (κ3) is 1.77. The zero-order valence-electron chi connectivity index (χ0n) is 4.61. The molecule has 1 rings (SSSR count). The van der Waals surface area contributed by atoms with Gasteiger partial charge in [-0.25, -0.2) is 4.98 Å². The predicted octanol–water partition coefficient (Wildman–Crippen LogP) is 0.791. The Kier molecular flexibility index (Phi) is 2.81. The lowest BCUT2D eigenvalue weighted by atomic mass is 10.4. The monoisotopic (exact) mass is 146 g/mol. The van der Waals surface area contributed by atoms with Crippen molar-refractivity contribution in [1.82, 2.24) is 4.98 Å². The molecule has 0 saturated carbocycles. The summed E-state index contributed by atoms with van der Waals surface area (Å²) in [7, 11) is 0. The Labute approximate surface area is 58.9 Å². The van der Waals surface area contributed by atoms with Gasteiger partial charge in [0.2, 0.25) is 0 Å². The Bertz CT molecular complexity index is 171. The summed E-state index contributed by atoms with van der Waals surface area (Å²) in [6.07, 6.45) is 1.52. The van der Waals surface area contributed by atoms with Crippen LogP contribution in [0.15, 0.2) is 18.3 Å². The number of halogens is 1. The maximum atomic E-state index is 8.73. The standard InChI is InChI=1S/C5H6N2O.ClH/c6-5-4(8)2-1-3-7-5;/h1-3,8H,(H2,6,7);1H. The van der Waals surface area contributed by atoms with Crippen LogP contribution in [0.2, 0.25) is 0 Å². The third-order valence-electron chi connectivity index (χ3n) is 0.816. The Hall–Kier alpha value is -0.960. The van der Waals surface area contributed by atoms with Crippen molar-refractivity contribution >= 4 is 18.2 Å². The number of aromatic nitrogens is 1. The van der Waals surface area contributed by atoms with Crippen LogP contribution in [-0.4, -0.2) is 10.1 Å². The molecule has 0 atom stereocenters. The molecule has 1 aromatic heterocycles. The van der Waals surface area contributed by atoms with Crippen molar-refractivity contribution in [2.75, 3.05) is 5.73 Å². The van der Waals surface area contributed by atoms with Gasteiger partial charge in [0, 0.05) is 6.20 Å². The average molecular weight is 147 g/mol. The summed E-state index contributed by atoms with van der Waals surface area (Å²) in [6.45, 7) is 0. The molecule has 3 nitrogen and oxygen atoms in total. The molecule has 0 saturated heterocycles. The summed E-state index contributed by atoms with van der Waals surface area (Å²) in [5.41, 5.74) is 5.16. The lowest BCUT2D eigenvalue weighted by molar-refractivity contribution is 0.476. The first kappa shape index (κ1) is 8.04. The van der Waals surface area contributed by atoms with Gasteiger partial charge < -0.3 is 10.8 Å². The fourth-order valence-electron chi connectivity index (χ4n) is 0.409. The van der Waals surface area contributed by atoms with Crippen molar-refractivity contribution in [2.45, 2.75) is 0 Å². The van der Waals surface area contributed by atoms with Gasteiger partial charge in [-0.2, -0.15) is 0 Å². The Morgan fingerprint density at radius 3 is 2.56 bits per heavy atom. The maximum Gasteiger partial charge on any atom is 0.165 e. The van der Waals surface area contributed by atoms with Gasteiger partial charge in [-0.15, -0.1) is 12.4 Å². The fourth-order valence-corrected chi connectivity index (χ4v) is 0.409. The summed E-state index contributed by atoms with van der Waals surface area (Å²) < 4.78 is 0. The molecular formula is C5H7ClN2O. The molecule has 0 fully saturated rings. The quantitative estimate of drug-likeness (QED) is 0.569. The zero-order valence-corrected chi connectivity index (χ0v) is 5.43. The highest BCUT2D eigenvalue weighted by Gasteiger charge is 1.89. The molecule has 0 aromatic carbocycles. The zero-order chi connectivity index (χ0) is 5.98. The van der Waals surface area contributed by atoms with Gasteiger partial charge in [0.25, 0.3) is 0 Å². The van der Waals surface area contributed by atoms with E-state index in [-0.39, 0.29) is 24.0 Å². The SMILES string of the molecule is Cl.Nc1ncccc1O. The van der Waals surface area contributed by atoms with E-state index in [2.05, 4.69) is 4.98 Å². The summed E-state index contributed by atoms with van der Waals surface area (Å²) >= 11 is 0. The minimum atomic E-state index is 0. The van der Waals surface area contributed by atoms with Crippen molar-refractivity contribution in [3.05, 3.63) is 18.3 Å². The van der Waals surface area contributed by atoms with Crippen LogP contribution < -0.4 is 5.73 Å². The molecule has 0 bridgehead atoms. The van der Waals surface area contributed by atoms with Crippen molar-refractivity contribution in [3.63, 3.8) is 0 Å². The van der Waals surface area contributed by atoms with Gasteiger partial charge in [0.15, 0.2) is 11.6 Å². The highest BCUT2D eigenvalue weighted by Crippen LogP contribution is 2.12. The van der Waals surface area contributed by atoms with Gasteiger partial charge in [0.1, 0.15) is 0 Å². The van der Waals surface area contributed by atoms with Crippen LogP contribution in [0.4, 0.5) is 5.82 Å². The predicted molar refractivity (Wildman–Crippen MR) is 37.6 cm³/mol. The van der Waals surface area contributed by atoms with Crippen molar-refractivity contribution < 1.29 is 5.11 Å². The lowest BCUT2D eigenvalue weighted by Crippen LogP contribution is -1.87. The molecule has 0 radical (unpaired) electrons. The van der Waals surface area contributed by atoms with E-state index in [1.54, 1.807) is 6.07 Å². The Morgan fingerprint density at radius 2 is 2.22 bits per heavy atom. The number of rotatable bonds is 0. The molecule has 0 aliphatic heterocycles. The van der Waals surface area contributed by atoms with Crippen LogP contribution >= 0.6 is 12.4 Å². The van der Waals surface area contributed by atoms with Crippen molar-refractivity contribution in [2.24, 2.45) is 0 Å². The minimum absolute atomic E-state index is 0. The number of aromatic hydroxyl groups is 1. The molecule has 4 heteroatoms. The number of anilines is 1. The second-order valence-electron chi connectivity index (χ2n) is 1.41. The van der Waals surface area contributed by atoms with E-state index in [1.807, 2.05) is 0 Å². The molecule has 1 heterocycles. The van der Waals surface area contributed by atoms with Crippen LogP contribution in [0.5, 0.6) is 5.75 Å². The highest BCUT2D eigenvalue weighted by molar-refractivity contribution is 5.85. The number of hydrogen-bond acceptors (Lipinski definition) is 3. The van der Waals surface area contributed by atoms with E-state index >= 15 is 0 Å². The van der Waals surface area contributed by atoms with E-state index in [0.29, 0.717) is 0 Å². The number of nitrogens with zero attached hydrogens (tertiary/aromatic N) is 1. The van der Waals surface area contributed by atoms with E-state index in [4.69, 9.17) is 10.8 Å². The number of pyridine rings is 1. The topological polar surface area (TPSA) is 59.1 Å². The van der Waals surface area contributed by atoms with E-state index in [0.717, 1.165) is 0 Å². The van der Waals surface area contributed by atoms with Gasteiger partial charge in [-0.3, -0.25) is 0 Å². The van der Waals surface area contributed by atoms with Crippen LogP contribution in [0.3, 0.4) is 0 Å². The van der Waals surface area contributed by atoms with Crippen molar-refractivity contribution in [1.29, 1.82) is 0 Å². The minimum Gasteiger partial charge on any atom is -0.504 e. The summed E-state index contributed by atoms with van der Waals surface area (Å²) in [5.74, 6) is 0.208. The van der Waals surface area contributed by atoms with E-state index < -0.39 is 0 Å². The average Bonchev–Trinajstić information content (AvgIpc) is 1.77. The molecule has 0 amide bonds. The second kappa shape index (κ2) is 3.14. The molecule has 0 aliphatic carbocycles. The summed E-state index contributed by atoms with van der Waals surface area (Å²) in [4.78, 5) is 3.61. The molecule has 0 spiro atoms. The molecule has 0 aliphatic rings. The highest BCUT2D eigenvalue weighted by atomic mass is 35.5. The Morgan fingerprint density at radius 1 is 1.56 bits per heavy atom. The van der Waals surface area contributed by atoms with E-state index in [9.17, 15) is 0 Å². The van der Waals surface area contributed by atoms with Crippen molar-refractivity contribution in [3.8, 4) is 5.75 Å². The summed E-state index contributed by atoms with van der Waals surface area (Å²) in [6, 6.07) is 3.11. The molecule has 50 valence electrons. The normalized spacial score (nSPS) is 8.00. The van der Waals surface area contributed by atoms with Gasteiger partial charge in [-0.05, 0) is 12.1 Å². The smallest absolute Gasteiger partial charge is 0.165 e. The number of hydrogen-bond donors (Lipinski definition) is 2. The molecule has 1 aromatic rings. The molecular weight excluding hydrogens is 140 g/mol. The van der Waals surface area contributed by atoms with Crippen LogP contribution in [0.1, 0.15) is 0 Å². The molecule has 0 unspecified atom stereocenters. The first-order chi connectivity index (χ1) is 3.80. The number of nitrogens with two attached hydrogens (primary N) is 1. The van der Waals surface area contributed by atoms with Crippen LogP contribution in [0, 0.1) is 0 Å². The molecule has 9 heavy (non-hydrogen) atoms. The molecule has 3 N–H and O–H groups in total. The van der Waals surface area contributed by atoms with E-state index in [1.165, 1.54) is 12.3 Å². The Balaban J connectivity index is 0.000000640. The van der Waals surface area contributed by atoms with Crippen LogP contribution in [-0.2, 0) is 0 Å². The summed E-state index contributed by atoms with van der Waals surface area (Å²) in [5, 5.41) is 8.73. The number of nitrogen functional groups attached to an aromatic ring is 1. The maximum absolute atomic E-state index is 8.73.